The van der Waals surface area contributed by atoms with E-state index >= 15 is 0 Å². The van der Waals surface area contributed by atoms with Crippen LogP contribution in [0.4, 0.5) is 0 Å². The lowest BCUT2D eigenvalue weighted by Crippen LogP contribution is -2.25. The zero-order chi connectivity index (χ0) is 13.1. The van der Waals surface area contributed by atoms with Crippen molar-refractivity contribution in [2.45, 2.75) is 11.3 Å². The zero-order valence-electron chi connectivity index (χ0n) is 8.71. The molecular weight excluding hydrogens is 305 g/mol. The van der Waals surface area contributed by atoms with Crippen LogP contribution in [0.25, 0.3) is 0 Å². The van der Waals surface area contributed by atoms with Crippen molar-refractivity contribution >= 4 is 44.8 Å². The Kier molecular flexibility index (Phi) is 5.28. The van der Waals surface area contributed by atoms with Gasteiger partial charge >= 0.3 is 0 Å². The number of hydrogen-bond donors (Lipinski definition) is 1. The van der Waals surface area contributed by atoms with Crippen LogP contribution in [0.5, 0.6) is 0 Å². The van der Waals surface area contributed by atoms with E-state index < -0.39 is 10.0 Å². The lowest BCUT2D eigenvalue weighted by atomic mass is 10.4. The number of halogens is 3. The van der Waals surface area contributed by atoms with E-state index in [-0.39, 0.29) is 26.5 Å². The van der Waals surface area contributed by atoms with Gasteiger partial charge < -0.3 is 0 Å². The van der Waals surface area contributed by atoms with Gasteiger partial charge in [0.2, 0.25) is 10.0 Å². The summed E-state index contributed by atoms with van der Waals surface area (Å²) < 4.78 is 26.2. The van der Waals surface area contributed by atoms with E-state index in [9.17, 15) is 8.42 Å². The van der Waals surface area contributed by atoms with Crippen LogP contribution in [0.2, 0.25) is 15.1 Å². The molecule has 17 heavy (non-hydrogen) atoms. The van der Waals surface area contributed by atoms with Gasteiger partial charge in [0.15, 0.2) is 0 Å². The predicted molar refractivity (Wildman–Crippen MR) is 71.5 cm³/mol. The largest absolute Gasteiger partial charge is 0.243 e. The smallest absolute Gasteiger partial charge is 0.211 e. The SMILES string of the molecule is C=CCCNS(=O)(=O)c1c(Cl)cc(Cl)cc1Cl. The maximum atomic E-state index is 11.9. The first-order chi connectivity index (χ1) is 7.88. The summed E-state index contributed by atoms with van der Waals surface area (Å²) in [6.45, 7) is 3.73. The fourth-order valence-corrected chi connectivity index (χ4v) is 3.74. The van der Waals surface area contributed by atoms with Gasteiger partial charge in [-0.05, 0) is 18.6 Å². The van der Waals surface area contributed by atoms with Crippen LogP contribution in [0, 0.1) is 0 Å². The van der Waals surface area contributed by atoms with E-state index in [0.717, 1.165) is 0 Å². The van der Waals surface area contributed by atoms with Gasteiger partial charge in [0.05, 0.1) is 10.0 Å². The Balaban J connectivity index is 3.11. The minimum absolute atomic E-state index is 0.00592. The molecule has 0 aromatic heterocycles. The third kappa shape index (κ3) is 3.86. The molecule has 1 rings (SSSR count). The lowest BCUT2D eigenvalue weighted by molar-refractivity contribution is 0.582. The van der Waals surface area contributed by atoms with Gasteiger partial charge in [0.25, 0.3) is 0 Å². The molecule has 0 radical (unpaired) electrons. The summed E-state index contributed by atoms with van der Waals surface area (Å²) in [4.78, 5) is -0.158. The molecule has 1 N–H and O–H groups in total. The molecule has 0 fully saturated rings. The Hall–Kier alpha value is -0.260. The third-order valence-electron chi connectivity index (χ3n) is 1.87. The van der Waals surface area contributed by atoms with Gasteiger partial charge in [0.1, 0.15) is 4.90 Å². The third-order valence-corrected chi connectivity index (χ3v) is 4.47. The number of benzene rings is 1. The number of hydrogen-bond acceptors (Lipinski definition) is 2. The van der Waals surface area contributed by atoms with Crippen LogP contribution in [0.3, 0.4) is 0 Å². The van der Waals surface area contributed by atoms with Crippen molar-refractivity contribution in [3.63, 3.8) is 0 Å². The summed E-state index contributed by atoms with van der Waals surface area (Å²) in [5, 5.41) is 0.271. The highest BCUT2D eigenvalue weighted by atomic mass is 35.5. The molecule has 94 valence electrons. The molecule has 0 aliphatic carbocycles. The van der Waals surface area contributed by atoms with E-state index in [1.165, 1.54) is 12.1 Å². The predicted octanol–water partition coefficient (Wildman–Crippen LogP) is 3.50. The minimum Gasteiger partial charge on any atom is -0.211 e. The minimum atomic E-state index is -3.73. The Morgan fingerprint density at radius 1 is 1.24 bits per heavy atom. The molecule has 0 saturated carbocycles. The maximum absolute atomic E-state index is 11.9. The Labute approximate surface area is 115 Å². The molecule has 1 aromatic rings. The van der Waals surface area contributed by atoms with Crippen LogP contribution in [0.1, 0.15) is 6.42 Å². The van der Waals surface area contributed by atoms with Gasteiger partial charge in [-0.2, -0.15) is 0 Å². The van der Waals surface area contributed by atoms with Crippen molar-refractivity contribution in [2.75, 3.05) is 6.54 Å². The summed E-state index contributed by atoms with van der Waals surface area (Å²) in [6, 6.07) is 2.66. The molecule has 0 aliphatic rings. The molecule has 3 nitrogen and oxygen atoms in total. The maximum Gasteiger partial charge on any atom is 0.243 e. The van der Waals surface area contributed by atoms with Crippen molar-refractivity contribution in [2.24, 2.45) is 0 Å². The van der Waals surface area contributed by atoms with Crippen LogP contribution in [-0.4, -0.2) is 15.0 Å². The van der Waals surface area contributed by atoms with Crippen LogP contribution >= 0.6 is 34.8 Å². The van der Waals surface area contributed by atoms with Gasteiger partial charge in [-0.15, -0.1) is 6.58 Å². The van der Waals surface area contributed by atoms with Crippen molar-refractivity contribution in [1.29, 1.82) is 0 Å². The lowest BCUT2D eigenvalue weighted by Gasteiger charge is -2.09. The van der Waals surface area contributed by atoms with Crippen LogP contribution < -0.4 is 4.72 Å². The number of rotatable bonds is 5. The van der Waals surface area contributed by atoms with Crippen molar-refractivity contribution < 1.29 is 8.42 Å². The first-order valence-electron chi connectivity index (χ1n) is 4.63. The van der Waals surface area contributed by atoms with Crippen molar-refractivity contribution in [3.8, 4) is 0 Å². The fraction of sp³-hybridized carbons (Fsp3) is 0.200. The van der Waals surface area contributed by atoms with E-state index in [1.54, 1.807) is 6.08 Å². The molecule has 7 heteroatoms. The topological polar surface area (TPSA) is 46.2 Å². The fourth-order valence-electron chi connectivity index (χ4n) is 1.15. The normalized spacial score (nSPS) is 11.5. The van der Waals surface area contributed by atoms with Crippen LogP contribution in [0.15, 0.2) is 29.7 Å². The van der Waals surface area contributed by atoms with Gasteiger partial charge in [-0.25, -0.2) is 13.1 Å². The molecule has 0 saturated heterocycles. The molecule has 0 spiro atoms. The van der Waals surface area contributed by atoms with Crippen molar-refractivity contribution in [3.05, 3.63) is 39.9 Å². The first kappa shape index (κ1) is 14.8. The highest BCUT2D eigenvalue weighted by molar-refractivity contribution is 7.89. The molecule has 0 aliphatic heterocycles. The molecule has 0 amide bonds. The van der Waals surface area contributed by atoms with Crippen LogP contribution in [-0.2, 0) is 10.0 Å². The van der Waals surface area contributed by atoms with Gasteiger partial charge in [-0.1, -0.05) is 40.9 Å². The molecule has 1 aromatic carbocycles. The summed E-state index contributed by atoms with van der Waals surface area (Å²) >= 11 is 17.3. The molecule has 0 unspecified atom stereocenters. The summed E-state index contributed by atoms with van der Waals surface area (Å²) in [7, 11) is -3.73. The summed E-state index contributed by atoms with van der Waals surface area (Å²) in [5.41, 5.74) is 0. The van der Waals surface area contributed by atoms with E-state index in [4.69, 9.17) is 34.8 Å². The average molecular weight is 315 g/mol. The monoisotopic (exact) mass is 313 g/mol. The Bertz CT molecular complexity index is 505. The van der Waals surface area contributed by atoms with E-state index in [2.05, 4.69) is 11.3 Å². The summed E-state index contributed by atoms with van der Waals surface area (Å²) in [6.07, 6.45) is 2.12. The quantitative estimate of drug-likeness (QED) is 0.668. The molecular formula is C10H10Cl3NO2S. The van der Waals surface area contributed by atoms with E-state index in [0.29, 0.717) is 6.42 Å². The number of sulfonamides is 1. The van der Waals surface area contributed by atoms with E-state index in [1.807, 2.05) is 0 Å². The highest BCUT2D eigenvalue weighted by Crippen LogP contribution is 2.32. The van der Waals surface area contributed by atoms with Crippen molar-refractivity contribution in [1.82, 2.24) is 4.72 Å². The first-order valence-corrected chi connectivity index (χ1v) is 7.25. The van der Waals surface area contributed by atoms with Gasteiger partial charge in [0, 0.05) is 11.6 Å². The standard InChI is InChI=1S/C10H10Cl3NO2S/c1-2-3-4-14-17(15,16)10-8(12)5-7(11)6-9(10)13/h2,5-6,14H,1,3-4H2. The zero-order valence-corrected chi connectivity index (χ0v) is 11.8. The highest BCUT2D eigenvalue weighted by Gasteiger charge is 2.21. The Morgan fingerprint density at radius 3 is 2.24 bits per heavy atom. The Morgan fingerprint density at radius 2 is 1.76 bits per heavy atom. The molecule has 0 heterocycles. The second-order valence-corrected chi connectivity index (χ2v) is 6.13. The number of nitrogens with one attached hydrogen (secondary N) is 1. The second kappa shape index (κ2) is 6.07. The summed E-state index contributed by atoms with van der Waals surface area (Å²) in [5.74, 6) is 0. The second-order valence-electron chi connectivity index (χ2n) is 3.17. The molecule has 0 atom stereocenters. The average Bonchev–Trinajstić information content (AvgIpc) is 2.15. The molecule has 0 bridgehead atoms. The van der Waals surface area contributed by atoms with Gasteiger partial charge in [-0.3, -0.25) is 0 Å².